The maximum atomic E-state index is 13.6. The largest absolute Gasteiger partial charge is 0.475 e. The highest BCUT2D eigenvalue weighted by molar-refractivity contribution is 6.30. The molecule has 9 heteroatoms. The first-order valence-corrected chi connectivity index (χ1v) is 11.9. The number of ether oxygens (including phenoxy) is 2. The molecule has 3 aromatic heterocycles. The summed E-state index contributed by atoms with van der Waals surface area (Å²) in [6, 6.07) is 12.6. The Morgan fingerprint density at radius 1 is 1.14 bits per heavy atom. The van der Waals surface area contributed by atoms with Gasteiger partial charge in [0.05, 0.1) is 23.6 Å². The van der Waals surface area contributed by atoms with Crippen LogP contribution < -0.4 is 10.3 Å². The van der Waals surface area contributed by atoms with Gasteiger partial charge in [0.1, 0.15) is 5.69 Å². The molecule has 0 saturated heterocycles. The average molecular weight is 495 g/mol. The number of nitrogens with zero attached hydrogens (tertiary/aromatic N) is 4. The van der Waals surface area contributed by atoms with Crippen molar-refractivity contribution in [3.05, 3.63) is 75.4 Å². The van der Waals surface area contributed by atoms with Crippen molar-refractivity contribution in [1.82, 2.24) is 19.2 Å². The number of carbonyl (C=O) groups is 1. The van der Waals surface area contributed by atoms with Crippen LogP contribution >= 0.6 is 11.6 Å². The Balaban J connectivity index is 1.78. The van der Waals surface area contributed by atoms with Gasteiger partial charge in [0.2, 0.25) is 0 Å². The molecule has 4 aromatic rings. The van der Waals surface area contributed by atoms with Gasteiger partial charge in [0.15, 0.2) is 17.5 Å². The first-order chi connectivity index (χ1) is 16.8. The molecule has 0 aliphatic rings. The van der Waals surface area contributed by atoms with E-state index in [1.54, 1.807) is 42.9 Å². The Labute approximate surface area is 208 Å². The minimum atomic E-state index is -0.779. The zero-order chi connectivity index (χ0) is 25.1. The SMILES string of the molecule is CCC[C@H](Oc1cccn2c(=O)c(-c3cc(C)n(-c4cccc(Cl)c4)n3)c(C)nc12)C(=O)OCC. The Hall–Kier alpha value is -3.65. The summed E-state index contributed by atoms with van der Waals surface area (Å²) in [7, 11) is 0. The molecule has 0 aliphatic carbocycles. The van der Waals surface area contributed by atoms with Crippen molar-refractivity contribution in [2.75, 3.05) is 6.61 Å². The molecule has 0 N–H and O–H groups in total. The molecular formula is C26H27ClN4O4. The molecule has 4 rings (SSSR count). The van der Waals surface area contributed by atoms with E-state index in [0.29, 0.717) is 39.8 Å². The normalized spacial score (nSPS) is 12.0. The van der Waals surface area contributed by atoms with E-state index >= 15 is 0 Å². The van der Waals surface area contributed by atoms with Gasteiger partial charge in [-0.15, -0.1) is 0 Å². The highest BCUT2D eigenvalue weighted by atomic mass is 35.5. The zero-order valence-corrected chi connectivity index (χ0v) is 20.9. The molecule has 3 heterocycles. The first-order valence-electron chi connectivity index (χ1n) is 11.5. The second kappa shape index (κ2) is 10.3. The van der Waals surface area contributed by atoms with E-state index in [2.05, 4.69) is 10.1 Å². The molecular weight excluding hydrogens is 468 g/mol. The van der Waals surface area contributed by atoms with Gasteiger partial charge in [-0.05, 0) is 63.6 Å². The Morgan fingerprint density at radius 2 is 1.94 bits per heavy atom. The van der Waals surface area contributed by atoms with E-state index in [1.165, 1.54) is 4.40 Å². The molecule has 0 saturated carbocycles. The fraction of sp³-hybridized carbons (Fsp3) is 0.308. The number of esters is 1. The van der Waals surface area contributed by atoms with Crippen LogP contribution in [0.15, 0.2) is 53.5 Å². The Kier molecular flexibility index (Phi) is 7.21. The highest BCUT2D eigenvalue weighted by Gasteiger charge is 2.24. The van der Waals surface area contributed by atoms with Crippen molar-refractivity contribution in [2.24, 2.45) is 0 Å². The van der Waals surface area contributed by atoms with Gasteiger partial charge in [-0.25, -0.2) is 14.5 Å². The average Bonchev–Trinajstić information content (AvgIpc) is 3.20. The number of fused-ring (bicyclic) bond motifs is 1. The summed E-state index contributed by atoms with van der Waals surface area (Å²) in [5, 5.41) is 5.27. The summed E-state index contributed by atoms with van der Waals surface area (Å²) in [4.78, 5) is 30.6. The predicted molar refractivity (Wildman–Crippen MR) is 134 cm³/mol. The minimum absolute atomic E-state index is 0.263. The van der Waals surface area contributed by atoms with Crippen molar-refractivity contribution < 1.29 is 14.3 Å². The molecule has 0 unspecified atom stereocenters. The Morgan fingerprint density at radius 3 is 2.66 bits per heavy atom. The van der Waals surface area contributed by atoms with E-state index < -0.39 is 12.1 Å². The van der Waals surface area contributed by atoms with E-state index in [9.17, 15) is 9.59 Å². The number of aromatic nitrogens is 4. The van der Waals surface area contributed by atoms with Crippen molar-refractivity contribution in [3.8, 4) is 22.7 Å². The van der Waals surface area contributed by atoms with Crippen LogP contribution in [0.5, 0.6) is 5.75 Å². The smallest absolute Gasteiger partial charge is 0.347 e. The summed E-state index contributed by atoms with van der Waals surface area (Å²) < 4.78 is 14.3. The van der Waals surface area contributed by atoms with Gasteiger partial charge >= 0.3 is 5.97 Å². The van der Waals surface area contributed by atoms with Gasteiger partial charge in [-0.1, -0.05) is 31.0 Å². The monoisotopic (exact) mass is 494 g/mol. The van der Waals surface area contributed by atoms with E-state index in [-0.39, 0.29) is 12.2 Å². The molecule has 182 valence electrons. The van der Waals surface area contributed by atoms with Crippen LogP contribution in [0.1, 0.15) is 38.1 Å². The molecule has 0 fully saturated rings. The third-order valence-corrected chi connectivity index (χ3v) is 5.80. The first kappa shape index (κ1) is 24.5. The number of aryl methyl sites for hydroxylation is 2. The lowest BCUT2D eigenvalue weighted by molar-refractivity contribution is -0.151. The van der Waals surface area contributed by atoms with Gasteiger partial charge in [-0.3, -0.25) is 9.20 Å². The quantitative estimate of drug-likeness (QED) is 0.323. The summed E-state index contributed by atoms with van der Waals surface area (Å²) >= 11 is 6.15. The number of hydrogen-bond donors (Lipinski definition) is 0. The van der Waals surface area contributed by atoms with Crippen LogP contribution in [-0.4, -0.2) is 37.8 Å². The third-order valence-electron chi connectivity index (χ3n) is 5.57. The molecule has 8 nitrogen and oxygen atoms in total. The van der Waals surface area contributed by atoms with Crippen LogP contribution in [0.2, 0.25) is 5.02 Å². The molecule has 0 aliphatic heterocycles. The molecule has 35 heavy (non-hydrogen) atoms. The molecule has 1 atom stereocenters. The minimum Gasteiger partial charge on any atom is -0.475 e. The van der Waals surface area contributed by atoms with Crippen LogP contribution in [-0.2, 0) is 9.53 Å². The predicted octanol–water partition coefficient (Wildman–Crippen LogP) is 4.93. The molecule has 0 bridgehead atoms. The molecule has 1 aromatic carbocycles. The fourth-order valence-corrected chi connectivity index (χ4v) is 4.16. The number of benzene rings is 1. The van der Waals surface area contributed by atoms with Crippen molar-refractivity contribution in [2.45, 2.75) is 46.6 Å². The van der Waals surface area contributed by atoms with E-state index in [1.807, 2.05) is 38.1 Å². The lowest BCUT2D eigenvalue weighted by Gasteiger charge is -2.18. The van der Waals surface area contributed by atoms with Gasteiger partial charge in [-0.2, -0.15) is 5.10 Å². The lowest BCUT2D eigenvalue weighted by Crippen LogP contribution is -2.30. The summed E-state index contributed by atoms with van der Waals surface area (Å²) in [5.74, 6) is -0.0968. The molecule has 0 amide bonds. The standard InChI is InChI=1S/C26H27ClN4O4/c1-5-9-22(26(33)34-6-2)35-21-12-8-13-30-24(21)28-17(4)23(25(30)32)20-14-16(3)31(29-20)19-11-7-10-18(27)15-19/h7-8,10-15,22H,5-6,9H2,1-4H3/t22-/m0/s1. The van der Waals surface area contributed by atoms with Gasteiger partial charge < -0.3 is 9.47 Å². The third kappa shape index (κ3) is 4.93. The van der Waals surface area contributed by atoms with Gasteiger partial charge in [0.25, 0.3) is 5.56 Å². The van der Waals surface area contributed by atoms with Crippen molar-refractivity contribution >= 4 is 23.2 Å². The van der Waals surface area contributed by atoms with Crippen molar-refractivity contribution in [3.63, 3.8) is 0 Å². The zero-order valence-electron chi connectivity index (χ0n) is 20.1. The number of halogens is 1. The summed E-state index contributed by atoms with van der Waals surface area (Å²) in [5.41, 5.74) is 3.09. The number of rotatable bonds is 8. The fourth-order valence-electron chi connectivity index (χ4n) is 3.97. The lowest BCUT2D eigenvalue weighted by atomic mass is 10.1. The molecule has 0 radical (unpaired) electrons. The number of hydrogen-bond acceptors (Lipinski definition) is 6. The molecule has 0 spiro atoms. The Bertz CT molecular complexity index is 1440. The maximum Gasteiger partial charge on any atom is 0.347 e. The topological polar surface area (TPSA) is 87.7 Å². The van der Waals surface area contributed by atoms with Crippen LogP contribution in [0.4, 0.5) is 0 Å². The van der Waals surface area contributed by atoms with E-state index in [4.69, 9.17) is 21.1 Å². The number of carbonyl (C=O) groups excluding carboxylic acids is 1. The van der Waals surface area contributed by atoms with Crippen LogP contribution in [0.3, 0.4) is 0 Å². The number of pyridine rings is 1. The second-order valence-corrected chi connectivity index (χ2v) is 8.59. The highest BCUT2D eigenvalue weighted by Crippen LogP contribution is 2.25. The van der Waals surface area contributed by atoms with Crippen LogP contribution in [0.25, 0.3) is 22.6 Å². The van der Waals surface area contributed by atoms with Crippen LogP contribution in [0, 0.1) is 13.8 Å². The van der Waals surface area contributed by atoms with Crippen molar-refractivity contribution in [1.29, 1.82) is 0 Å². The summed E-state index contributed by atoms with van der Waals surface area (Å²) in [6.45, 7) is 7.64. The summed E-state index contributed by atoms with van der Waals surface area (Å²) in [6.07, 6.45) is 2.07. The van der Waals surface area contributed by atoms with E-state index in [0.717, 1.165) is 17.8 Å². The maximum absolute atomic E-state index is 13.6. The van der Waals surface area contributed by atoms with Gasteiger partial charge in [0, 0.05) is 16.9 Å². The second-order valence-electron chi connectivity index (χ2n) is 8.15.